The summed E-state index contributed by atoms with van der Waals surface area (Å²) in [4.78, 5) is 11.4. The SMILES string of the molecule is CCNc1cc(SCc2ccco2)cc([N+](=O)[O-])c1. The fraction of sp³-hybridized carbons (Fsp3) is 0.231. The van der Waals surface area contributed by atoms with Gasteiger partial charge in [0.1, 0.15) is 5.76 Å². The van der Waals surface area contributed by atoms with Crippen LogP contribution in [0.2, 0.25) is 0 Å². The van der Waals surface area contributed by atoms with E-state index in [1.807, 2.05) is 25.1 Å². The van der Waals surface area contributed by atoms with Gasteiger partial charge in [-0.05, 0) is 25.1 Å². The number of nitrogens with zero attached hydrogens (tertiary/aromatic N) is 1. The van der Waals surface area contributed by atoms with E-state index in [0.717, 1.165) is 22.9 Å². The van der Waals surface area contributed by atoms with Crippen molar-refractivity contribution in [1.82, 2.24) is 0 Å². The number of thioether (sulfide) groups is 1. The Morgan fingerprint density at radius 1 is 1.42 bits per heavy atom. The van der Waals surface area contributed by atoms with Crippen LogP contribution in [0.4, 0.5) is 11.4 Å². The largest absolute Gasteiger partial charge is 0.468 e. The van der Waals surface area contributed by atoms with Crippen LogP contribution < -0.4 is 5.32 Å². The van der Waals surface area contributed by atoms with Gasteiger partial charge in [0, 0.05) is 29.3 Å². The van der Waals surface area contributed by atoms with Crippen molar-refractivity contribution in [2.75, 3.05) is 11.9 Å². The number of benzene rings is 1. The van der Waals surface area contributed by atoms with Crippen molar-refractivity contribution in [2.45, 2.75) is 17.6 Å². The van der Waals surface area contributed by atoms with Crippen LogP contribution in [-0.4, -0.2) is 11.5 Å². The molecule has 0 spiro atoms. The van der Waals surface area contributed by atoms with Crippen LogP contribution in [0.3, 0.4) is 0 Å². The van der Waals surface area contributed by atoms with Gasteiger partial charge >= 0.3 is 0 Å². The van der Waals surface area contributed by atoms with Crippen molar-refractivity contribution < 1.29 is 9.34 Å². The Morgan fingerprint density at radius 2 is 2.26 bits per heavy atom. The van der Waals surface area contributed by atoms with Gasteiger partial charge in [-0.15, -0.1) is 11.8 Å². The minimum absolute atomic E-state index is 0.0976. The Labute approximate surface area is 115 Å². The lowest BCUT2D eigenvalue weighted by Crippen LogP contribution is -1.98. The average Bonchev–Trinajstić information content (AvgIpc) is 2.89. The van der Waals surface area contributed by atoms with Crippen LogP contribution in [0.25, 0.3) is 0 Å². The second-order valence-corrected chi connectivity index (χ2v) is 4.92. The topological polar surface area (TPSA) is 68.3 Å². The summed E-state index contributed by atoms with van der Waals surface area (Å²) in [5.41, 5.74) is 0.860. The van der Waals surface area contributed by atoms with Gasteiger partial charge < -0.3 is 9.73 Å². The van der Waals surface area contributed by atoms with E-state index in [-0.39, 0.29) is 10.6 Å². The zero-order chi connectivity index (χ0) is 13.7. The predicted molar refractivity (Wildman–Crippen MR) is 75.5 cm³/mol. The monoisotopic (exact) mass is 278 g/mol. The van der Waals surface area contributed by atoms with Gasteiger partial charge in [-0.1, -0.05) is 0 Å². The van der Waals surface area contributed by atoms with Crippen LogP contribution in [0.15, 0.2) is 45.9 Å². The van der Waals surface area contributed by atoms with Crippen molar-refractivity contribution in [3.63, 3.8) is 0 Å². The Hall–Kier alpha value is -1.95. The molecule has 1 N–H and O–H groups in total. The number of nitro benzene ring substituents is 1. The number of rotatable bonds is 6. The van der Waals surface area contributed by atoms with E-state index in [1.54, 1.807) is 18.4 Å². The zero-order valence-electron chi connectivity index (χ0n) is 10.5. The molecule has 0 radical (unpaired) electrons. The standard InChI is InChI=1S/C13H14N2O3S/c1-2-14-10-6-11(15(16)17)8-13(7-10)19-9-12-4-3-5-18-12/h3-8,14H,2,9H2,1H3. The molecular formula is C13H14N2O3S. The summed E-state index contributed by atoms with van der Waals surface area (Å²) >= 11 is 1.51. The predicted octanol–water partition coefficient (Wildman–Crippen LogP) is 3.91. The van der Waals surface area contributed by atoms with Gasteiger partial charge in [0.05, 0.1) is 16.9 Å². The molecule has 2 aromatic rings. The highest BCUT2D eigenvalue weighted by Crippen LogP contribution is 2.30. The van der Waals surface area contributed by atoms with E-state index in [0.29, 0.717) is 5.75 Å². The molecule has 0 aliphatic heterocycles. The van der Waals surface area contributed by atoms with Gasteiger partial charge in [0.2, 0.25) is 0 Å². The third kappa shape index (κ3) is 3.75. The highest BCUT2D eigenvalue weighted by atomic mass is 32.2. The van der Waals surface area contributed by atoms with E-state index in [4.69, 9.17) is 4.42 Å². The summed E-state index contributed by atoms with van der Waals surface area (Å²) in [6.07, 6.45) is 1.62. The first-order valence-corrected chi connectivity index (χ1v) is 6.86. The maximum Gasteiger partial charge on any atom is 0.272 e. The molecule has 0 saturated heterocycles. The molecule has 6 heteroatoms. The maximum absolute atomic E-state index is 10.9. The van der Waals surface area contributed by atoms with E-state index in [9.17, 15) is 10.1 Å². The summed E-state index contributed by atoms with van der Waals surface area (Å²) in [6, 6.07) is 8.74. The van der Waals surface area contributed by atoms with Crippen LogP contribution in [0.5, 0.6) is 0 Å². The molecule has 0 bridgehead atoms. The minimum atomic E-state index is -0.377. The van der Waals surface area contributed by atoms with Gasteiger partial charge in [-0.2, -0.15) is 0 Å². The lowest BCUT2D eigenvalue weighted by Gasteiger charge is -2.06. The van der Waals surface area contributed by atoms with Gasteiger partial charge in [-0.3, -0.25) is 10.1 Å². The van der Waals surface area contributed by atoms with Gasteiger partial charge in [0.25, 0.3) is 5.69 Å². The molecule has 0 amide bonds. The van der Waals surface area contributed by atoms with Gasteiger partial charge in [0.15, 0.2) is 0 Å². The quantitative estimate of drug-likeness (QED) is 0.493. The molecule has 100 valence electrons. The van der Waals surface area contributed by atoms with E-state index >= 15 is 0 Å². The molecule has 0 fully saturated rings. The molecule has 5 nitrogen and oxygen atoms in total. The summed E-state index contributed by atoms with van der Waals surface area (Å²) in [6.45, 7) is 2.68. The van der Waals surface area contributed by atoms with Crippen LogP contribution in [0.1, 0.15) is 12.7 Å². The van der Waals surface area contributed by atoms with Crippen molar-refractivity contribution in [2.24, 2.45) is 0 Å². The molecule has 0 aliphatic rings. The molecule has 0 aliphatic carbocycles. The molecular weight excluding hydrogens is 264 g/mol. The average molecular weight is 278 g/mol. The summed E-state index contributed by atoms with van der Waals surface area (Å²) in [7, 11) is 0. The van der Waals surface area contributed by atoms with Crippen molar-refractivity contribution >= 4 is 23.1 Å². The third-order valence-corrected chi connectivity index (χ3v) is 3.44. The van der Waals surface area contributed by atoms with Crippen LogP contribution >= 0.6 is 11.8 Å². The Balaban J connectivity index is 2.16. The summed E-state index contributed by atoms with van der Waals surface area (Å²) in [5, 5.41) is 14.0. The fourth-order valence-electron chi connectivity index (χ4n) is 1.63. The van der Waals surface area contributed by atoms with E-state index in [1.165, 1.54) is 11.8 Å². The van der Waals surface area contributed by atoms with Crippen LogP contribution in [0, 0.1) is 10.1 Å². The molecule has 0 saturated carbocycles. The first kappa shape index (κ1) is 13.5. The lowest BCUT2D eigenvalue weighted by molar-refractivity contribution is -0.385. The second-order valence-electron chi connectivity index (χ2n) is 3.87. The smallest absolute Gasteiger partial charge is 0.272 e. The summed E-state index contributed by atoms with van der Waals surface area (Å²) in [5.74, 6) is 1.50. The van der Waals surface area contributed by atoms with E-state index in [2.05, 4.69) is 5.32 Å². The number of nitro groups is 1. The van der Waals surface area contributed by atoms with Crippen molar-refractivity contribution in [1.29, 1.82) is 0 Å². The van der Waals surface area contributed by atoms with Crippen molar-refractivity contribution in [3.05, 3.63) is 52.5 Å². The minimum Gasteiger partial charge on any atom is -0.468 e. The zero-order valence-corrected chi connectivity index (χ0v) is 11.3. The van der Waals surface area contributed by atoms with E-state index < -0.39 is 0 Å². The molecule has 1 heterocycles. The number of non-ortho nitro benzene ring substituents is 1. The van der Waals surface area contributed by atoms with Crippen LogP contribution in [-0.2, 0) is 5.75 Å². The third-order valence-electron chi connectivity index (χ3n) is 2.44. The molecule has 1 aromatic heterocycles. The first-order chi connectivity index (χ1) is 9.19. The lowest BCUT2D eigenvalue weighted by atomic mass is 10.3. The Kier molecular flexibility index (Phi) is 4.46. The highest BCUT2D eigenvalue weighted by molar-refractivity contribution is 7.98. The Morgan fingerprint density at radius 3 is 2.89 bits per heavy atom. The fourth-order valence-corrected chi connectivity index (χ4v) is 2.52. The summed E-state index contributed by atoms with van der Waals surface area (Å²) < 4.78 is 5.24. The number of hydrogen-bond donors (Lipinski definition) is 1. The number of anilines is 1. The van der Waals surface area contributed by atoms with Gasteiger partial charge in [-0.25, -0.2) is 0 Å². The molecule has 1 aromatic carbocycles. The molecule has 2 rings (SSSR count). The number of furan rings is 1. The molecule has 0 unspecified atom stereocenters. The molecule has 19 heavy (non-hydrogen) atoms. The highest BCUT2D eigenvalue weighted by Gasteiger charge is 2.10. The van der Waals surface area contributed by atoms with Crippen molar-refractivity contribution in [3.8, 4) is 0 Å². The normalized spacial score (nSPS) is 10.4. The number of nitrogens with one attached hydrogen (secondary N) is 1. The first-order valence-electron chi connectivity index (χ1n) is 5.87. The second kappa shape index (κ2) is 6.29. The maximum atomic E-state index is 10.9. The molecule has 0 atom stereocenters. The number of hydrogen-bond acceptors (Lipinski definition) is 5. The Bertz CT molecular complexity index is 555.